The second kappa shape index (κ2) is 5.46. The molecule has 0 aliphatic rings. The molecule has 0 aliphatic carbocycles. The van der Waals surface area contributed by atoms with Gasteiger partial charge in [-0.1, -0.05) is 0 Å². The van der Waals surface area contributed by atoms with Gasteiger partial charge in [-0.2, -0.15) is 0 Å². The summed E-state index contributed by atoms with van der Waals surface area (Å²) in [5, 5.41) is 0. The van der Waals surface area contributed by atoms with E-state index in [1.54, 1.807) is 12.1 Å². The van der Waals surface area contributed by atoms with Gasteiger partial charge in [0, 0.05) is 22.3 Å². The number of hydrogen-bond acceptors (Lipinski definition) is 5. The summed E-state index contributed by atoms with van der Waals surface area (Å²) in [6.45, 7) is 0. The van der Waals surface area contributed by atoms with Crippen molar-refractivity contribution in [2.24, 2.45) is 0 Å². The Bertz CT molecular complexity index is 498. The Morgan fingerprint density at radius 3 is 2.18 bits per heavy atom. The average Bonchev–Trinajstić information content (AvgIpc) is 2.25. The molecule has 1 rings (SSSR count). The van der Waals surface area contributed by atoms with Crippen molar-refractivity contribution >= 4 is 19.7 Å². The van der Waals surface area contributed by atoms with Crippen LogP contribution in [0, 0.1) is 0 Å². The van der Waals surface area contributed by atoms with Crippen LogP contribution in [0.15, 0.2) is 12.1 Å². The number of rotatable bonds is 5. The molecule has 7 heteroatoms. The van der Waals surface area contributed by atoms with Gasteiger partial charge in [0.1, 0.15) is 5.75 Å². The second-order valence-electron chi connectivity index (χ2n) is 3.21. The van der Waals surface area contributed by atoms with E-state index in [0.717, 1.165) is 0 Å². The molecule has 0 amide bonds. The maximum Gasteiger partial charge on any atom is 0.236 e. The predicted octanol–water partition coefficient (Wildman–Crippen LogP) is 1.78. The minimum Gasteiger partial charge on any atom is -0.497 e. The molecular formula is C10H13ClO5S. The second-order valence-corrected chi connectivity index (χ2v) is 5.98. The summed E-state index contributed by atoms with van der Waals surface area (Å²) in [4.78, 5) is 0. The molecule has 5 nitrogen and oxygen atoms in total. The van der Waals surface area contributed by atoms with Gasteiger partial charge in [-0.25, -0.2) is 8.42 Å². The average molecular weight is 281 g/mol. The Balaban J connectivity index is 3.34. The van der Waals surface area contributed by atoms with E-state index in [0.29, 0.717) is 22.8 Å². The van der Waals surface area contributed by atoms with Gasteiger partial charge in [0.15, 0.2) is 11.5 Å². The highest BCUT2D eigenvalue weighted by Gasteiger charge is 2.17. The third kappa shape index (κ3) is 3.67. The molecule has 1 aromatic carbocycles. The highest BCUT2D eigenvalue weighted by Crippen LogP contribution is 2.36. The Morgan fingerprint density at radius 1 is 1.12 bits per heavy atom. The summed E-state index contributed by atoms with van der Waals surface area (Å²) < 4.78 is 37.4. The zero-order valence-corrected chi connectivity index (χ0v) is 11.3. The van der Waals surface area contributed by atoms with E-state index in [-0.39, 0.29) is 5.75 Å². The summed E-state index contributed by atoms with van der Waals surface area (Å²) >= 11 is 0. The van der Waals surface area contributed by atoms with Crippen LogP contribution in [0.3, 0.4) is 0 Å². The minimum atomic E-state index is -3.68. The summed E-state index contributed by atoms with van der Waals surface area (Å²) in [6.07, 6.45) is 0. The highest BCUT2D eigenvalue weighted by molar-refractivity contribution is 8.13. The summed E-state index contributed by atoms with van der Waals surface area (Å²) in [7, 11) is 5.90. The van der Waals surface area contributed by atoms with E-state index in [4.69, 9.17) is 24.9 Å². The Morgan fingerprint density at radius 2 is 1.76 bits per heavy atom. The van der Waals surface area contributed by atoms with Crippen LogP contribution in [-0.2, 0) is 14.8 Å². The Labute approximate surface area is 105 Å². The molecule has 0 saturated heterocycles. The molecule has 0 heterocycles. The molecule has 1 aromatic rings. The standard InChI is InChI=1S/C10H13ClO5S/c1-14-8-4-7(6-17(11,12)13)10(16-3)9(5-8)15-2/h4-5H,6H2,1-3H3. The molecule has 96 valence electrons. The third-order valence-electron chi connectivity index (χ3n) is 2.09. The van der Waals surface area contributed by atoms with Crippen molar-refractivity contribution in [3.05, 3.63) is 17.7 Å². The van der Waals surface area contributed by atoms with Crippen LogP contribution in [0.25, 0.3) is 0 Å². The maximum absolute atomic E-state index is 11.1. The molecule has 0 aliphatic heterocycles. The van der Waals surface area contributed by atoms with Crippen molar-refractivity contribution in [3.8, 4) is 17.2 Å². The van der Waals surface area contributed by atoms with E-state index < -0.39 is 9.05 Å². The summed E-state index contributed by atoms with van der Waals surface area (Å²) in [5.41, 5.74) is 0.388. The van der Waals surface area contributed by atoms with E-state index in [9.17, 15) is 8.42 Å². The van der Waals surface area contributed by atoms with Gasteiger partial charge >= 0.3 is 0 Å². The topological polar surface area (TPSA) is 61.8 Å². The summed E-state index contributed by atoms with van der Waals surface area (Å²) in [5.74, 6) is 0.836. The van der Waals surface area contributed by atoms with Crippen molar-refractivity contribution < 1.29 is 22.6 Å². The number of ether oxygens (including phenoxy) is 3. The van der Waals surface area contributed by atoms with Crippen LogP contribution >= 0.6 is 10.7 Å². The van der Waals surface area contributed by atoms with Gasteiger partial charge < -0.3 is 14.2 Å². The molecule has 0 N–H and O–H groups in total. The largest absolute Gasteiger partial charge is 0.497 e. The van der Waals surface area contributed by atoms with Gasteiger partial charge in [-0.3, -0.25) is 0 Å². The molecule has 0 unspecified atom stereocenters. The fourth-order valence-corrected chi connectivity index (χ4v) is 2.36. The third-order valence-corrected chi connectivity index (χ3v) is 3.08. The SMILES string of the molecule is COc1cc(CS(=O)(=O)Cl)c(OC)c(OC)c1. The molecule has 17 heavy (non-hydrogen) atoms. The van der Waals surface area contributed by atoms with E-state index in [2.05, 4.69) is 0 Å². The molecular weight excluding hydrogens is 268 g/mol. The van der Waals surface area contributed by atoms with E-state index >= 15 is 0 Å². The van der Waals surface area contributed by atoms with Gasteiger partial charge in [0.2, 0.25) is 9.05 Å². The van der Waals surface area contributed by atoms with Gasteiger partial charge in [0.25, 0.3) is 0 Å². The van der Waals surface area contributed by atoms with Gasteiger partial charge in [-0.05, 0) is 6.07 Å². The molecule has 0 atom stereocenters. The quantitative estimate of drug-likeness (QED) is 0.770. The smallest absolute Gasteiger partial charge is 0.236 e. The zero-order chi connectivity index (χ0) is 13.1. The molecule has 0 radical (unpaired) electrons. The monoisotopic (exact) mass is 280 g/mol. The molecule has 0 saturated carbocycles. The molecule has 0 spiro atoms. The van der Waals surface area contributed by atoms with Crippen molar-refractivity contribution in [3.63, 3.8) is 0 Å². The fraction of sp³-hybridized carbons (Fsp3) is 0.400. The first kappa shape index (κ1) is 13.9. The van der Waals surface area contributed by atoms with Crippen molar-refractivity contribution in [2.45, 2.75) is 5.75 Å². The maximum atomic E-state index is 11.1. The van der Waals surface area contributed by atoms with Crippen LogP contribution < -0.4 is 14.2 Å². The lowest BCUT2D eigenvalue weighted by Gasteiger charge is -2.13. The summed E-state index contributed by atoms with van der Waals surface area (Å²) in [6, 6.07) is 3.14. The fourth-order valence-electron chi connectivity index (χ4n) is 1.43. The van der Waals surface area contributed by atoms with Gasteiger partial charge in [0.05, 0.1) is 27.1 Å². The molecule has 0 bridgehead atoms. The lowest BCUT2D eigenvalue weighted by molar-refractivity contribution is 0.346. The van der Waals surface area contributed by atoms with Crippen molar-refractivity contribution in [2.75, 3.05) is 21.3 Å². The van der Waals surface area contributed by atoms with Crippen molar-refractivity contribution in [1.82, 2.24) is 0 Å². The lowest BCUT2D eigenvalue weighted by atomic mass is 10.2. The van der Waals surface area contributed by atoms with Crippen molar-refractivity contribution in [1.29, 1.82) is 0 Å². The van der Waals surface area contributed by atoms with Crippen LogP contribution in [0.4, 0.5) is 0 Å². The van der Waals surface area contributed by atoms with E-state index in [1.807, 2.05) is 0 Å². The number of methoxy groups -OCH3 is 3. The first-order valence-corrected chi connectivity index (χ1v) is 7.10. The van der Waals surface area contributed by atoms with E-state index in [1.165, 1.54) is 21.3 Å². The number of hydrogen-bond donors (Lipinski definition) is 0. The number of benzene rings is 1. The van der Waals surface area contributed by atoms with Crippen LogP contribution in [0.2, 0.25) is 0 Å². The Hall–Kier alpha value is -1.14. The van der Waals surface area contributed by atoms with Crippen LogP contribution in [0.5, 0.6) is 17.2 Å². The molecule has 0 aromatic heterocycles. The normalized spacial score (nSPS) is 11.1. The Kier molecular flexibility index (Phi) is 4.47. The van der Waals surface area contributed by atoms with Crippen LogP contribution in [-0.4, -0.2) is 29.7 Å². The predicted molar refractivity (Wildman–Crippen MR) is 64.6 cm³/mol. The van der Waals surface area contributed by atoms with Gasteiger partial charge in [-0.15, -0.1) is 0 Å². The minimum absolute atomic E-state index is 0.331. The number of halogens is 1. The highest BCUT2D eigenvalue weighted by atomic mass is 35.7. The van der Waals surface area contributed by atoms with Crippen LogP contribution in [0.1, 0.15) is 5.56 Å². The first-order valence-electron chi connectivity index (χ1n) is 4.62. The molecule has 0 fully saturated rings. The first-order chi connectivity index (χ1) is 7.91. The zero-order valence-electron chi connectivity index (χ0n) is 9.69. The lowest BCUT2D eigenvalue weighted by Crippen LogP contribution is -2.01.